The Kier molecular flexibility index (Phi) is 7.00. The second-order valence-electron chi connectivity index (χ2n) is 7.00. The fraction of sp³-hybridized carbons (Fsp3) is 0.600. The number of piperidine rings is 1. The first-order valence-corrected chi connectivity index (χ1v) is 9.20. The lowest BCUT2D eigenvalue weighted by Crippen LogP contribution is -2.48. The first-order chi connectivity index (χ1) is 11.9. The van der Waals surface area contributed by atoms with Crippen LogP contribution in [-0.4, -0.2) is 59.0 Å². The largest absolute Gasteiger partial charge is 0.480 e. The van der Waals surface area contributed by atoms with Crippen LogP contribution in [0.15, 0.2) is 18.2 Å². The van der Waals surface area contributed by atoms with Gasteiger partial charge in [0.15, 0.2) is 0 Å². The summed E-state index contributed by atoms with van der Waals surface area (Å²) in [6.45, 7) is 8.44. The maximum atomic E-state index is 12.5. The number of carboxylic acid groups (broad SMARTS) is 1. The molecule has 1 fully saturated rings. The third kappa shape index (κ3) is 5.56. The van der Waals surface area contributed by atoms with Gasteiger partial charge in [-0.25, -0.2) is 0 Å². The van der Waals surface area contributed by atoms with Gasteiger partial charge in [0.05, 0.1) is 6.54 Å². The Bertz CT molecular complexity index is 607. The first-order valence-electron chi connectivity index (χ1n) is 9.20. The molecule has 0 aromatic heterocycles. The summed E-state index contributed by atoms with van der Waals surface area (Å²) in [6.07, 6.45) is 3.04. The summed E-state index contributed by atoms with van der Waals surface area (Å²) < 4.78 is 0. The van der Waals surface area contributed by atoms with Gasteiger partial charge < -0.3 is 10.0 Å². The summed E-state index contributed by atoms with van der Waals surface area (Å²) in [5.74, 6) is -0.575. The molecule has 138 valence electrons. The Hall–Kier alpha value is -1.88. The van der Waals surface area contributed by atoms with E-state index in [1.807, 2.05) is 16.7 Å². The van der Waals surface area contributed by atoms with Crippen LogP contribution in [-0.2, 0) is 16.0 Å². The van der Waals surface area contributed by atoms with Crippen LogP contribution in [0.5, 0.6) is 0 Å². The van der Waals surface area contributed by atoms with Gasteiger partial charge in [0.1, 0.15) is 0 Å². The van der Waals surface area contributed by atoms with Gasteiger partial charge in [0.2, 0.25) is 5.91 Å². The predicted molar refractivity (Wildman–Crippen MR) is 98.7 cm³/mol. The van der Waals surface area contributed by atoms with Gasteiger partial charge in [0, 0.05) is 25.6 Å². The zero-order chi connectivity index (χ0) is 18.4. The van der Waals surface area contributed by atoms with Gasteiger partial charge in [-0.1, -0.05) is 30.7 Å². The van der Waals surface area contributed by atoms with Crippen LogP contribution in [0.2, 0.25) is 0 Å². The Morgan fingerprint density at radius 1 is 1.24 bits per heavy atom. The monoisotopic (exact) mass is 346 g/mol. The third-order valence-corrected chi connectivity index (χ3v) is 5.18. The van der Waals surface area contributed by atoms with Crippen molar-refractivity contribution in [1.82, 2.24) is 9.80 Å². The number of rotatable bonds is 7. The molecule has 25 heavy (non-hydrogen) atoms. The number of likely N-dealkylation sites (tertiary alicyclic amines) is 1. The standard InChI is InChI=1S/C20H30N2O3/c1-4-21(14-20(24)25)18-9-11-22(12-10-18)19(23)8-7-17-6-5-15(2)13-16(17)3/h5-6,13,18H,4,7-12,14H2,1-3H3,(H,24,25). The number of hydrogen-bond acceptors (Lipinski definition) is 3. The van der Waals surface area contributed by atoms with E-state index >= 15 is 0 Å². The molecule has 1 amide bonds. The van der Waals surface area contributed by atoms with E-state index in [9.17, 15) is 9.59 Å². The van der Waals surface area contributed by atoms with Gasteiger partial charge in [-0.05, 0) is 50.8 Å². The van der Waals surface area contributed by atoms with Crippen LogP contribution in [0.25, 0.3) is 0 Å². The molecule has 0 bridgehead atoms. The number of nitrogens with zero attached hydrogens (tertiary/aromatic N) is 2. The normalized spacial score (nSPS) is 15.6. The zero-order valence-corrected chi connectivity index (χ0v) is 15.6. The zero-order valence-electron chi connectivity index (χ0n) is 15.6. The maximum Gasteiger partial charge on any atom is 0.317 e. The quantitative estimate of drug-likeness (QED) is 0.824. The molecule has 5 nitrogen and oxygen atoms in total. The van der Waals surface area contributed by atoms with Crippen LogP contribution in [0, 0.1) is 13.8 Å². The number of carboxylic acids is 1. The van der Waals surface area contributed by atoms with Crippen LogP contribution in [0.4, 0.5) is 0 Å². The van der Waals surface area contributed by atoms with Gasteiger partial charge in [-0.15, -0.1) is 0 Å². The summed E-state index contributed by atoms with van der Waals surface area (Å²) in [5.41, 5.74) is 3.74. The lowest BCUT2D eigenvalue weighted by Gasteiger charge is -2.37. The fourth-order valence-electron chi connectivity index (χ4n) is 3.68. The summed E-state index contributed by atoms with van der Waals surface area (Å²) in [5, 5.41) is 9.00. The molecule has 1 saturated heterocycles. The van der Waals surface area contributed by atoms with E-state index in [1.165, 1.54) is 16.7 Å². The minimum Gasteiger partial charge on any atom is -0.480 e. The van der Waals surface area contributed by atoms with Gasteiger partial charge in [0.25, 0.3) is 0 Å². The highest BCUT2D eigenvalue weighted by Crippen LogP contribution is 2.18. The van der Waals surface area contributed by atoms with E-state index in [-0.39, 0.29) is 18.5 Å². The van der Waals surface area contributed by atoms with Crippen LogP contribution >= 0.6 is 0 Å². The van der Waals surface area contributed by atoms with E-state index in [0.717, 1.165) is 38.9 Å². The molecule has 0 atom stereocenters. The Morgan fingerprint density at radius 2 is 1.92 bits per heavy atom. The highest BCUT2D eigenvalue weighted by molar-refractivity contribution is 5.76. The second kappa shape index (κ2) is 8.99. The Labute approximate surface area is 150 Å². The number of amides is 1. The van der Waals surface area contributed by atoms with Crippen molar-refractivity contribution in [2.24, 2.45) is 0 Å². The summed E-state index contributed by atoms with van der Waals surface area (Å²) in [4.78, 5) is 27.4. The molecule has 0 saturated carbocycles. The third-order valence-electron chi connectivity index (χ3n) is 5.18. The van der Waals surface area contributed by atoms with E-state index in [2.05, 4.69) is 32.0 Å². The number of likely N-dealkylation sites (N-methyl/N-ethyl adjacent to an activating group) is 1. The van der Waals surface area contributed by atoms with Gasteiger partial charge in [-0.2, -0.15) is 0 Å². The minimum absolute atomic E-state index is 0.0851. The lowest BCUT2D eigenvalue weighted by molar-refractivity contribution is -0.140. The van der Waals surface area contributed by atoms with Crippen LogP contribution in [0.3, 0.4) is 0 Å². The highest BCUT2D eigenvalue weighted by atomic mass is 16.4. The summed E-state index contributed by atoms with van der Waals surface area (Å²) in [7, 11) is 0. The number of aryl methyl sites for hydroxylation is 3. The number of benzene rings is 1. The van der Waals surface area contributed by atoms with Crippen molar-refractivity contribution in [3.8, 4) is 0 Å². The highest BCUT2D eigenvalue weighted by Gasteiger charge is 2.27. The van der Waals surface area contributed by atoms with Gasteiger partial charge >= 0.3 is 5.97 Å². The molecule has 0 unspecified atom stereocenters. The molecule has 0 aliphatic carbocycles. The Balaban J connectivity index is 1.81. The molecule has 1 heterocycles. The van der Waals surface area contributed by atoms with E-state index in [1.54, 1.807) is 0 Å². The van der Waals surface area contributed by atoms with Crippen molar-refractivity contribution >= 4 is 11.9 Å². The SMILES string of the molecule is CCN(CC(=O)O)C1CCN(C(=O)CCc2ccc(C)cc2C)CC1. The van der Waals surface area contributed by atoms with Crippen molar-refractivity contribution in [3.05, 3.63) is 34.9 Å². The molecule has 5 heteroatoms. The molecule has 1 N–H and O–H groups in total. The number of aliphatic carboxylic acids is 1. The molecular weight excluding hydrogens is 316 g/mol. The average molecular weight is 346 g/mol. The van der Waals surface area contributed by atoms with Crippen molar-refractivity contribution in [2.45, 2.75) is 52.5 Å². The molecular formula is C20H30N2O3. The molecule has 1 aliphatic rings. The fourth-order valence-corrected chi connectivity index (χ4v) is 3.68. The van der Waals surface area contributed by atoms with Crippen molar-refractivity contribution < 1.29 is 14.7 Å². The molecule has 1 aliphatic heterocycles. The minimum atomic E-state index is -0.783. The summed E-state index contributed by atoms with van der Waals surface area (Å²) >= 11 is 0. The Morgan fingerprint density at radius 3 is 2.48 bits per heavy atom. The molecule has 1 aromatic carbocycles. The van der Waals surface area contributed by atoms with E-state index in [0.29, 0.717) is 6.42 Å². The van der Waals surface area contributed by atoms with Gasteiger partial charge in [-0.3, -0.25) is 14.5 Å². The molecule has 2 rings (SSSR count). The maximum absolute atomic E-state index is 12.5. The van der Waals surface area contributed by atoms with Crippen LogP contribution < -0.4 is 0 Å². The van der Waals surface area contributed by atoms with Crippen molar-refractivity contribution in [3.63, 3.8) is 0 Å². The first kappa shape index (κ1) is 19.4. The molecule has 1 aromatic rings. The summed E-state index contributed by atoms with van der Waals surface area (Å²) in [6, 6.07) is 6.65. The average Bonchev–Trinajstić information content (AvgIpc) is 2.58. The second-order valence-corrected chi connectivity index (χ2v) is 7.00. The number of carbonyl (C=O) groups is 2. The van der Waals surface area contributed by atoms with Crippen molar-refractivity contribution in [1.29, 1.82) is 0 Å². The molecule has 0 radical (unpaired) electrons. The van der Waals surface area contributed by atoms with Crippen LogP contribution in [0.1, 0.15) is 42.9 Å². The smallest absolute Gasteiger partial charge is 0.317 e. The topological polar surface area (TPSA) is 60.9 Å². The number of hydrogen-bond donors (Lipinski definition) is 1. The predicted octanol–water partition coefficient (Wildman–Crippen LogP) is 2.63. The molecule has 0 spiro atoms. The number of carbonyl (C=O) groups excluding carboxylic acids is 1. The van der Waals surface area contributed by atoms with Crippen molar-refractivity contribution in [2.75, 3.05) is 26.2 Å². The lowest BCUT2D eigenvalue weighted by atomic mass is 10.00. The van der Waals surface area contributed by atoms with E-state index < -0.39 is 5.97 Å². The van der Waals surface area contributed by atoms with E-state index in [4.69, 9.17) is 5.11 Å².